The second kappa shape index (κ2) is 19.6. The number of rotatable bonds is 12. The van der Waals surface area contributed by atoms with Gasteiger partial charge in [0.25, 0.3) is 0 Å². The molecule has 10 aromatic rings. The van der Waals surface area contributed by atoms with E-state index in [9.17, 15) is 0 Å². The molecule has 0 bridgehead atoms. The standard InChI is InChI=1S/C66H54N2/c1-47-41-48(2)44-65(43-47)67(61-33-25-57(26-34-61)53-11-7-5-8-12-53)63-37-29-59(30-38-63)55-21-17-51(18-22-55)15-16-52-19-23-56(24-20-52)60-31-39-64(40-32-60)68(66-45-49(3)42-50(4)46-66)62-35-27-58(28-36-62)54-13-9-6-10-14-54/h5-46H,1-4H3/b16-15+. The van der Waals surface area contributed by atoms with Crippen LogP contribution in [-0.2, 0) is 0 Å². The molecule has 0 spiro atoms. The highest BCUT2D eigenvalue weighted by Gasteiger charge is 2.16. The summed E-state index contributed by atoms with van der Waals surface area (Å²) in [6.07, 6.45) is 4.38. The Bertz CT molecular complexity index is 3030. The summed E-state index contributed by atoms with van der Waals surface area (Å²) in [5.74, 6) is 0. The lowest BCUT2D eigenvalue weighted by atomic mass is 10.0. The molecule has 10 aromatic carbocycles. The highest BCUT2D eigenvalue weighted by Crippen LogP contribution is 2.40. The molecule has 0 amide bonds. The highest BCUT2D eigenvalue weighted by molar-refractivity contribution is 5.83. The lowest BCUT2D eigenvalue weighted by Crippen LogP contribution is -2.10. The fourth-order valence-corrected chi connectivity index (χ4v) is 9.29. The molecule has 0 aliphatic heterocycles. The van der Waals surface area contributed by atoms with Crippen molar-refractivity contribution in [3.8, 4) is 44.5 Å². The fraction of sp³-hybridized carbons (Fsp3) is 0.0606. The van der Waals surface area contributed by atoms with Crippen LogP contribution >= 0.6 is 0 Å². The van der Waals surface area contributed by atoms with Gasteiger partial charge < -0.3 is 9.80 Å². The van der Waals surface area contributed by atoms with Crippen LogP contribution in [0.15, 0.2) is 243 Å². The van der Waals surface area contributed by atoms with Gasteiger partial charge in [-0.1, -0.05) is 182 Å². The lowest BCUT2D eigenvalue weighted by Gasteiger charge is -2.26. The van der Waals surface area contributed by atoms with Crippen LogP contribution in [0.3, 0.4) is 0 Å². The second-order valence-electron chi connectivity index (χ2n) is 17.9. The average Bonchev–Trinajstić information content (AvgIpc) is 3.37. The van der Waals surface area contributed by atoms with Crippen LogP contribution in [0.5, 0.6) is 0 Å². The molecule has 0 heterocycles. The minimum atomic E-state index is 1.12. The van der Waals surface area contributed by atoms with E-state index in [0.717, 1.165) is 45.3 Å². The Morgan fingerprint density at radius 3 is 0.691 bits per heavy atom. The van der Waals surface area contributed by atoms with E-state index in [1.807, 2.05) is 0 Å². The van der Waals surface area contributed by atoms with E-state index in [1.54, 1.807) is 0 Å². The predicted molar refractivity (Wildman–Crippen MR) is 292 cm³/mol. The van der Waals surface area contributed by atoms with Crippen molar-refractivity contribution >= 4 is 46.3 Å². The first-order valence-corrected chi connectivity index (χ1v) is 23.5. The van der Waals surface area contributed by atoms with E-state index in [1.165, 1.54) is 66.8 Å². The van der Waals surface area contributed by atoms with Crippen LogP contribution in [0.25, 0.3) is 56.7 Å². The van der Waals surface area contributed by atoms with Crippen molar-refractivity contribution in [2.45, 2.75) is 27.7 Å². The van der Waals surface area contributed by atoms with Crippen molar-refractivity contribution in [2.24, 2.45) is 0 Å². The maximum atomic E-state index is 2.35. The third-order valence-corrected chi connectivity index (χ3v) is 12.6. The minimum Gasteiger partial charge on any atom is -0.310 e. The average molecular weight is 875 g/mol. The van der Waals surface area contributed by atoms with Gasteiger partial charge in [0.05, 0.1) is 0 Å². The van der Waals surface area contributed by atoms with Crippen molar-refractivity contribution in [2.75, 3.05) is 9.80 Å². The van der Waals surface area contributed by atoms with E-state index in [2.05, 4.69) is 292 Å². The van der Waals surface area contributed by atoms with Gasteiger partial charge in [-0.25, -0.2) is 0 Å². The van der Waals surface area contributed by atoms with Gasteiger partial charge in [0, 0.05) is 34.1 Å². The molecule has 0 radical (unpaired) electrons. The van der Waals surface area contributed by atoms with Gasteiger partial charge in [0.1, 0.15) is 0 Å². The van der Waals surface area contributed by atoms with Gasteiger partial charge in [0.2, 0.25) is 0 Å². The summed E-state index contributed by atoms with van der Waals surface area (Å²) >= 11 is 0. The molecule has 10 rings (SSSR count). The van der Waals surface area contributed by atoms with Crippen LogP contribution in [-0.4, -0.2) is 0 Å². The SMILES string of the molecule is Cc1cc(C)cc(N(c2ccc(-c3ccccc3)cc2)c2ccc(-c3ccc(/C=C/c4ccc(-c5ccc(N(c6ccc(-c7ccccc7)cc6)c6cc(C)cc(C)c6)cc5)cc4)cc3)cc2)c1. The number of aryl methyl sites for hydroxylation is 4. The van der Waals surface area contributed by atoms with Crippen LogP contribution in [0.1, 0.15) is 33.4 Å². The lowest BCUT2D eigenvalue weighted by molar-refractivity contribution is 1.25. The molecule has 2 heteroatoms. The molecule has 0 aliphatic rings. The van der Waals surface area contributed by atoms with Gasteiger partial charge in [-0.05, 0) is 178 Å². The van der Waals surface area contributed by atoms with Crippen molar-refractivity contribution in [3.63, 3.8) is 0 Å². The molecule has 0 fully saturated rings. The Balaban J connectivity index is 0.826. The summed E-state index contributed by atoms with van der Waals surface area (Å²) in [6.45, 7) is 8.67. The zero-order valence-electron chi connectivity index (χ0n) is 39.1. The third-order valence-electron chi connectivity index (χ3n) is 12.6. The van der Waals surface area contributed by atoms with E-state index < -0.39 is 0 Å². The van der Waals surface area contributed by atoms with Gasteiger partial charge in [-0.15, -0.1) is 0 Å². The Kier molecular flexibility index (Phi) is 12.5. The molecule has 2 nitrogen and oxygen atoms in total. The molecule has 0 N–H and O–H groups in total. The first-order valence-electron chi connectivity index (χ1n) is 23.5. The van der Waals surface area contributed by atoms with Crippen molar-refractivity contribution in [1.82, 2.24) is 0 Å². The third kappa shape index (κ3) is 9.87. The zero-order valence-corrected chi connectivity index (χ0v) is 39.1. The van der Waals surface area contributed by atoms with E-state index >= 15 is 0 Å². The summed E-state index contributed by atoms with van der Waals surface area (Å²) in [4.78, 5) is 4.70. The maximum absolute atomic E-state index is 2.35. The van der Waals surface area contributed by atoms with E-state index in [0.29, 0.717) is 0 Å². The van der Waals surface area contributed by atoms with Crippen LogP contribution < -0.4 is 9.80 Å². The van der Waals surface area contributed by atoms with Gasteiger partial charge in [-0.2, -0.15) is 0 Å². The molecular weight excluding hydrogens is 821 g/mol. The van der Waals surface area contributed by atoms with Crippen molar-refractivity contribution < 1.29 is 0 Å². The van der Waals surface area contributed by atoms with E-state index in [4.69, 9.17) is 0 Å². The monoisotopic (exact) mass is 874 g/mol. The second-order valence-corrected chi connectivity index (χ2v) is 17.9. The molecule has 0 aromatic heterocycles. The number of nitrogens with zero attached hydrogens (tertiary/aromatic N) is 2. The summed E-state index contributed by atoms with van der Waals surface area (Å²) in [7, 11) is 0. The minimum absolute atomic E-state index is 1.12. The molecule has 0 saturated heterocycles. The quantitative estimate of drug-likeness (QED) is 0.113. The molecule has 0 aliphatic carbocycles. The smallest absolute Gasteiger partial charge is 0.0466 e. The van der Waals surface area contributed by atoms with Gasteiger partial charge in [0.15, 0.2) is 0 Å². The van der Waals surface area contributed by atoms with Gasteiger partial charge >= 0.3 is 0 Å². The molecule has 68 heavy (non-hydrogen) atoms. The highest BCUT2D eigenvalue weighted by atomic mass is 15.1. The Hall–Kier alpha value is -8.46. The van der Waals surface area contributed by atoms with Gasteiger partial charge in [-0.3, -0.25) is 0 Å². The number of benzene rings is 10. The Labute approximate surface area is 402 Å². The Morgan fingerprint density at radius 2 is 0.441 bits per heavy atom. The molecule has 0 saturated carbocycles. The summed E-state index contributed by atoms with van der Waals surface area (Å²) in [5, 5.41) is 0. The molecule has 328 valence electrons. The maximum Gasteiger partial charge on any atom is 0.0466 e. The normalized spacial score (nSPS) is 11.2. The zero-order chi connectivity index (χ0) is 46.4. The van der Waals surface area contributed by atoms with E-state index in [-0.39, 0.29) is 0 Å². The van der Waals surface area contributed by atoms with Crippen LogP contribution in [0.2, 0.25) is 0 Å². The summed E-state index contributed by atoms with van der Waals surface area (Å²) < 4.78 is 0. The number of hydrogen-bond acceptors (Lipinski definition) is 2. The first-order chi connectivity index (χ1) is 33.3. The molecular formula is C66H54N2. The molecule has 0 unspecified atom stereocenters. The summed E-state index contributed by atoms with van der Waals surface area (Å²) in [6, 6.07) is 87.9. The largest absolute Gasteiger partial charge is 0.310 e. The summed E-state index contributed by atoms with van der Waals surface area (Å²) in [5.41, 5.74) is 23.7. The molecule has 0 atom stereocenters. The number of anilines is 6. The van der Waals surface area contributed by atoms with Crippen LogP contribution in [0.4, 0.5) is 34.1 Å². The van der Waals surface area contributed by atoms with Crippen LogP contribution in [0, 0.1) is 27.7 Å². The van der Waals surface area contributed by atoms with Crippen molar-refractivity contribution in [1.29, 1.82) is 0 Å². The van der Waals surface area contributed by atoms with Crippen molar-refractivity contribution in [3.05, 3.63) is 276 Å². The predicted octanol–water partition coefficient (Wildman–Crippen LogP) is 18.7. The Morgan fingerprint density at radius 1 is 0.221 bits per heavy atom. The topological polar surface area (TPSA) is 6.48 Å². The number of hydrogen-bond donors (Lipinski definition) is 0. The fourth-order valence-electron chi connectivity index (χ4n) is 9.29. The first kappa shape index (κ1) is 43.4.